The van der Waals surface area contributed by atoms with Crippen molar-refractivity contribution >= 4 is 0 Å². The summed E-state index contributed by atoms with van der Waals surface area (Å²) in [6.07, 6.45) is 7.40. The van der Waals surface area contributed by atoms with Gasteiger partial charge in [-0.1, -0.05) is 46.0 Å². The SMILES string of the molecule is CC(C)CCCCCC[C@H](C)O. The predicted molar refractivity (Wildman–Crippen MR) is 54.2 cm³/mol. The van der Waals surface area contributed by atoms with E-state index in [0.29, 0.717) is 0 Å². The van der Waals surface area contributed by atoms with E-state index >= 15 is 0 Å². The van der Waals surface area contributed by atoms with Crippen molar-refractivity contribution in [2.45, 2.75) is 65.4 Å². The van der Waals surface area contributed by atoms with Gasteiger partial charge in [0.25, 0.3) is 0 Å². The molecule has 0 aliphatic heterocycles. The second-order valence-corrected chi connectivity index (χ2v) is 4.23. The van der Waals surface area contributed by atoms with E-state index in [1.54, 1.807) is 0 Å². The quantitative estimate of drug-likeness (QED) is 0.584. The lowest BCUT2D eigenvalue weighted by Gasteiger charge is -2.05. The van der Waals surface area contributed by atoms with Gasteiger partial charge in [-0.15, -0.1) is 0 Å². The van der Waals surface area contributed by atoms with Crippen LogP contribution < -0.4 is 0 Å². The van der Waals surface area contributed by atoms with E-state index in [0.717, 1.165) is 12.3 Å². The molecule has 1 heteroatoms. The molecule has 0 rings (SSSR count). The van der Waals surface area contributed by atoms with Crippen LogP contribution in [0.25, 0.3) is 0 Å². The molecule has 12 heavy (non-hydrogen) atoms. The van der Waals surface area contributed by atoms with E-state index in [1.165, 1.54) is 32.1 Å². The zero-order valence-electron chi connectivity index (χ0n) is 8.84. The predicted octanol–water partition coefficient (Wildman–Crippen LogP) is 3.36. The summed E-state index contributed by atoms with van der Waals surface area (Å²) in [5.74, 6) is 0.849. The molecule has 0 bridgehead atoms. The van der Waals surface area contributed by atoms with E-state index in [-0.39, 0.29) is 6.10 Å². The largest absolute Gasteiger partial charge is 0.393 e. The average molecular weight is 172 g/mol. The summed E-state index contributed by atoms with van der Waals surface area (Å²) < 4.78 is 0. The van der Waals surface area contributed by atoms with Crippen LogP contribution in [0.4, 0.5) is 0 Å². The lowest BCUT2D eigenvalue weighted by Crippen LogP contribution is -1.98. The number of aliphatic hydroxyl groups excluding tert-OH is 1. The van der Waals surface area contributed by atoms with Gasteiger partial charge in [-0.3, -0.25) is 0 Å². The highest BCUT2D eigenvalue weighted by atomic mass is 16.3. The minimum Gasteiger partial charge on any atom is -0.393 e. The fourth-order valence-electron chi connectivity index (χ4n) is 1.35. The van der Waals surface area contributed by atoms with Crippen molar-refractivity contribution in [3.8, 4) is 0 Å². The van der Waals surface area contributed by atoms with Crippen LogP contribution in [0.1, 0.15) is 59.3 Å². The third-order valence-electron chi connectivity index (χ3n) is 2.15. The Hall–Kier alpha value is -0.0400. The molecular formula is C11H24O. The van der Waals surface area contributed by atoms with Gasteiger partial charge in [-0.25, -0.2) is 0 Å². The monoisotopic (exact) mass is 172 g/mol. The van der Waals surface area contributed by atoms with Crippen LogP contribution >= 0.6 is 0 Å². The van der Waals surface area contributed by atoms with E-state index in [9.17, 15) is 0 Å². The maximum Gasteiger partial charge on any atom is 0.0512 e. The molecule has 0 saturated carbocycles. The van der Waals surface area contributed by atoms with Crippen LogP contribution in [0.3, 0.4) is 0 Å². The Kier molecular flexibility index (Phi) is 7.58. The zero-order valence-corrected chi connectivity index (χ0v) is 8.84. The Morgan fingerprint density at radius 1 is 0.833 bits per heavy atom. The lowest BCUT2D eigenvalue weighted by molar-refractivity contribution is 0.180. The Morgan fingerprint density at radius 2 is 1.33 bits per heavy atom. The van der Waals surface area contributed by atoms with Crippen molar-refractivity contribution in [2.75, 3.05) is 0 Å². The van der Waals surface area contributed by atoms with Crippen LogP contribution in [-0.2, 0) is 0 Å². The van der Waals surface area contributed by atoms with Crippen LogP contribution in [0.15, 0.2) is 0 Å². The molecule has 1 nitrogen and oxygen atoms in total. The number of aliphatic hydroxyl groups is 1. The molecule has 0 fully saturated rings. The zero-order chi connectivity index (χ0) is 9.40. The Bertz CT molecular complexity index is 75.0. The topological polar surface area (TPSA) is 20.2 Å². The summed E-state index contributed by atoms with van der Waals surface area (Å²) in [6, 6.07) is 0. The van der Waals surface area contributed by atoms with Gasteiger partial charge in [0.2, 0.25) is 0 Å². The van der Waals surface area contributed by atoms with Gasteiger partial charge in [-0.05, 0) is 19.3 Å². The Labute approximate surface area is 77.2 Å². The van der Waals surface area contributed by atoms with Gasteiger partial charge in [0.1, 0.15) is 0 Å². The van der Waals surface area contributed by atoms with Crippen LogP contribution in [0, 0.1) is 5.92 Å². The molecule has 0 aromatic rings. The fourth-order valence-corrected chi connectivity index (χ4v) is 1.35. The van der Waals surface area contributed by atoms with Gasteiger partial charge >= 0.3 is 0 Å². The van der Waals surface area contributed by atoms with E-state index < -0.39 is 0 Å². The Balaban J connectivity index is 2.91. The molecule has 0 aliphatic carbocycles. The molecule has 0 spiro atoms. The standard InChI is InChI=1S/C11H24O/c1-10(2)8-6-4-5-7-9-11(3)12/h10-12H,4-9H2,1-3H3/t11-/m0/s1. The summed E-state index contributed by atoms with van der Waals surface area (Å²) >= 11 is 0. The van der Waals surface area contributed by atoms with E-state index in [2.05, 4.69) is 13.8 Å². The van der Waals surface area contributed by atoms with Crippen molar-refractivity contribution in [3.05, 3.63) is 0 Å². The van der Waals surface area contributed by atoms with Crippen molar-refractivity contribution in [2.24, 2.45) is 5.92 Å². The molecule has 0 aromatic heterocycles. The first kappa shape index (κ1) is 12.0. The molecule has 74 valence electrons. The van der Waals surface area contributed by atoms with Crippen LogP contribution in [-0.4, -0.2) is 11.2 Å². The van der Waals surface area contributed by atoms with Gasteiger partial charge in [0, 0.05) is 0 Å². The third-order valence-corrected chi connectivity index (χ3v) is 2.15. The second kappa shape index (κ2) is 7.60. The summed E-state index contributed by atoms with van der Waals surface area (Å²) in [5.41, 5.74) is 0. The summed E-state index contributed by atoms with van der Waals surface area (Å²) in [7, 11) is 0. The number of rotatable bonds is 7. The molecular weight excluding hydrogens is 148 g/mol. The smallest absolute Gasteiger partial charge is 0.0512 e. The highest BCUT2D eigenvalue weighted by Crippen LogP contribution is 2.11. The number of unbranched alkanes of at least 4 members (excludes halogenated alkanes) is 3. The Morgan fingerprint density at radius 3 is 1.75 bits per heavy atom. The maximum absolute atomic E-state index is 9.00. The second-order valence-electron chi connectivity index (χ2n) is 4.23. The van der Waals surface area contributed by atoms with Crippen LogP contribution in [0.5, 0.6) is 0 Å². The molecule has 0 radical (unpaired) electrons. The molecule has 0 aliphatic rings. The average Bonchev–Trinajstić information content (AvgIpc) is 1.95. The molecule has 0 unspecified atom stereocenters. The highest BCUT2D eigenvalue weighted by molar-refractivity contribution is 4.50. The molecule has 0 aromatic carbocycles. The van der Waals surface area contributed by atoms with Crippen molar-refractivity contribution < 1.29 is 5.11 Å². The van der Waals surface area contributed by atoms with Crippen LogP contribution in [0.2, 0.25) is 0 Å². The maximum atomic E-state index is 9.00. The molecule has 0 amide bonds. The first-order valence-electron chi connectivity index (χ1n) is 5.31. The minimum absolute atomic E-state index is 0.102. The molecule has 0 saturated heterocycles. The van der Waals surface area contributed by atoms with Gasteiger partial charge in [-0.2, -0.15) is 0 Å². The summed E-state index contributed by atoms with van der Waals surface area (Å²) in [6.45, 7) is 6.42. The van der Waals surface area contributed by atoms with Gasteiger partial charge in [0.15, 0.2) is 0 Å². The third kappa shape index (κ3) is 9.96. The van der Waals surface area contributed by atoms with Crippen molar-refractivity contribution in [1.29, 1.82) is 0 Å². The highest BCUT2D eigenvalue weighted by Gasteiger charge is 1.96. The number of hydrogen-bond acceptors (Lipinski definition) is 1. The van der Waals surface area contributed by atoms with Gasteiger partial charge < -0.3 is 5.11 Å². The van der Waals surface area contributed by atoms with Crippen molar-refractivity contribution in [1.82, 2.24) is 0 Å². The first-order chi connectivity index (χ1) is 5.63. The minimum atomic E-state index is -0.102. The summed E-state index contributed by atoms with van der Waals surface area (Å²) in [4.78, 5) is 0. The van der Waals surface area contributed by atoms with Crippen molar-refractivity contribution in [3.63, 3.8) is 0 Å². The molecule has 1 atom stereocenters. The first-order valence-corrected chi connectivity index (χ1v) is 5.31. The lowest BCUT2D eigenvalue weighted by atomic mass is 10.0. The molecule has 1 N–H and O–H groups in total. The fraction of sp³-hybridized carbons (Fsp3) is 1.00. The molecule has 0 heterocycles. The normalized spacial score (nSPS) is 13.8. The van der Waals surface area contributed by atoms with E-state index in [1.807, 2.05) is 6.92 Å². The number of hydrogen-bond donors (Lipinski definition) is 1. The summed E-state index contributed by atoms with van der Waals surface area (Å²) in [5, 5.41) is 9.00. The van der Waals surface area contributed by atoms with E-state index in [4.69, 9.17) is 5.11 Å². The van der Waals surface area contributed by atoms with Gasteiger partial charge in [0.05, 0.1) is 6.10 Å².